The molecule has 4 heteroatoms. The van der Waals surface area contributed by atoms with Crippen molar-refractivity contribution >= 4 is 17.2 Å². The summed E-state index contributed by atoms with van der Waals surface area (Å²) in [5, 5.41) is 8.02. The largest absolute Gasteiger partial charge is 0.359 e. The summed E-state index contributed by atoms with van der Waals surface area (Å²) < 4.78 is 0. The van der Waals surface area contributed by atoms with Crippen LogP contribution in [0.4, 0.5) is 0 Å². The molecule has 0 spiro atoms. The zero-order valence-corrected chi connectivity index (χ0v) is 10.3. The molecule has 0 saturated heterocycles. The fourth-order valence-electron chi connectivity index (χ4n) is 1.33. The summed E-state index contributed by atoms with van der Waals surface area (Å²) in [5.74, 6) is 0.0705. The quantitative estimate of drug-likeness (QED) is 0.801. The lowest BCUT2D eigenvalue weighted by atomic mass is 9.92. The highest BCUT2D eigenvalue weighted by Crippen LogP contribution is 2.14. The minimum Gasteiger partial charge on any atom is -0.359 e. The number of hydrogen-bond donors (Lipinski definition) is 2. The van der Waals surface area contributed by atoms with Gasteiger partial charge in [0.2, 0.25) is 5.91 Å². The van der Waals surface area contributed by atoms with Gasteiger partial charge in [-0.2, -0.15) is 0 Å². The molecule has 3 nitrogen and oxygen atoms in total. The smallest absolute Gasteiger partial charge is 0.226 e. The summed E-state index contributed by atoms with van der Waals surface area (Å²) >= 11 is 1.72. The summed E-state index contributed by atoms with van der Waals surface area (Å²) in [7, 11) is 1.67. The van der Waals surface area contributed by atoms with Gasteiger partial charge in [-0.3, -0.25) is 4.79 Å². The van der Waals surface area contributed by atoms with Crippen LogP contribution in [-0.2, 0) is 11.3 Å². The molecule has 0 aromatic carbocycles. The average molecular weight is 226 g/mol. The molecule has 0 aliphatic carbocycles. The van der Waals surface area contributed by atoms with Gasteiger partial charge in [0.25, 0.3) is 0 Å². The number of amides is 1. The van der Waals surface area contributed by atoms with Gasteiger partial charge in [0, 0.05) is 25.0 Å². The Morgan fingerprint density at radius 1 is 1.53 bits per heavy atom. The lowest BCUT2D eigenvalue weighted by molar-refractivity contribution is -0.128. The molecule has 0 fully saturated rings. The lowest BCUT2D eigenvalue weighted by Crippen LogP contribution is -2.41. The Morgan fingerprint density at radius 3 is 2.80 bits per heavy atom. The third-order valence-electron chi connectivity index (χ3n) is 2.29. The molecule has 0 atom stereocenters. The van der Waals surface area contributed by atoms with Gasteiger partial charge in [0.15, 0.2) is 0 Å². The van der Waals surface area contributed by atoms with Crippen molar-refractivity contribution in [3.05, 3.63) is 22.4 Å². The van der Waals surface area contributed by atoms with E-state index in [1.165, 1.54) is 4.88 Å². The van der Waals surface area contributed by atoms with Crippen molar-refractivity contribution in [2.45, 2.75) is 20.4 Å². The van der Waals surface area contributed by atoms with E-state index in [4.69, 9.17) is 0 Å². The highest BCUT2D eigenvalue weighted by molar-refractivity contribution is 7.09. The second-order valence-electron chi connectivity index (χ2n) is 4.15. The van der Waals surface area contributed by atoms with Crippen molar-refractivity contribution in [3.63, 3.8) is 0 Å². The minimum atomic E-state index is -0.355. The fourth-order valence-corrected chi connectivity index (χ4v) is 2.00. The molecule has 0 unspecified atom stereocenters. The minimum absolute atomic E-state index is 0.0705. The van der Waals surface area contributed by atoms with E-state index in [0.717, 1.165) is 6.54 Å². The number of carbonyl (C=O) groups is 1. The van der Waals surface area contributed by atoms with Gasteiger partial charge in [-0.05, 0) is 25.3 Å². The standard InChI is InChI=1S/C11H18N2OS/c1-11(2,10(14)12-3)8-13-7-9-5-4-6-15-9/h4-6,13H,7-8H2,1-3H3,(H,12,14). The van der Waals surface area contributed by atoms with Gasteiger partial charge >= 0.3 is 0 Å². The number of rotatable bonds is 5. The Balaban J connectivity index is 2.33. The molecule has 2 N–H and O–H groups in total. The lowest BCUT2D eigenvalue weighted by Gasteiger charge is -2.22. The predicted octanol–water partition coefficient (Wildman–Crippen LogP) is 1.61. The second-order valence-corrected chi connectivity index (χ2v) is 5.18. The first-order valence-electron chi connectivity index (χ1n) is 5.01. The van der Waals surface area contributed by atoms with Crippen molar-refractivity contribution in [3.8, 4) is 0 Å². The summed E-state index contributed by atoms with van der Waals surface area (Å²) in [5.41, 5.74) is -0.355. The molecule has 1 rings (SSSR count). The van der Waals surface area contributed by atoms with Crippen LogP contribution in [0.2, 0.25) is 0 Å². The van der Waals surface area contributed by atoms with Crippen molar-refractivity contribution < 1.29 is 4.79 Å². The highest BCUT2D eigenvalue weighted by Gasteiger charge is 2.25. The molecule has 1 aromatic rings. The summed E-state index contributed by atoms with van der Waals surface area (Å²) in [6.45, 7) is 5.39. The summed E-state index contributed by atoms with van der Waals surface area (Å²) in [6, 6.07) is 4.12. The van der Waals surface area contributed by atoms with E-state index in [0.29, 0.717) is 6.54 Å². The first-order chi connectivity index (χ1) is 7.06. The molecule has 1 heterocycles. The molecule has 0 radical (unpaired) electrons. The Labute approximate surface area is 94.9 Å². The Kier molecular flexibility index (Phi) is 4.29. The normalized spacial score (nSPS) is 11.4. The van der Waals surface area contributed by atoms with E-state index in [1.807, 2.05) is 19.9 Å². The van der Waals surface area contributed by atoms with Gasteiger partial charge in [-0.25, -0.2) is 0 Å². The van der Waals surface area contributed by atoms with Crippen LogP contribution >= 0.6 is 11.3 Å². The third-order valence-corrected chi connectivity index (χ3v) is 3.16. The highest BCUT2D eigenvalue weighted by atomic mass is 32.1. The second kappa shape index (κ2) is 5.28. The molecular formula is C11H18N2OS. The van der Waals surface area contributed by atoms with E-state index >= 15 is 0 Å². The molecular weight excluding hydrogens is 208 g/mol. The van der Waals surface area contributed by atoms with Crippen LogP contribution < -0.4 is 10.6 Å². The first kappa shape index (κ1) is 12.2. The zero-order valence-electron chi connectivity index (χ0n) is 9.46. The fraction of sp³-hybridized carbons (Fsp3) is 0.545. The van der Waals surface area contributed by atoms with Crippen molar-refractivity contribution in [2.75, 3.05) is 13.6 Å². The number of carbonyl (C=O) groups excluding carboxylic acids is 1. The maximum atomic E-state index is 11.5. The first-order valence-corrected chi connectivity index (χ1v) is 5.89. The molecule has 84 valence electrons. The van der Waals surface area contributed by atoms with Gasteiger partial charge in [-0.15, -0.1) is 11.3 Å². The van der Waals surface area contributed by atoms with Crippen molar-refractivity contribution in [1.29, 1.82) is 0 Å². The predicted molar refractivity (Wildman–Crippen MR) is 63.9 cm³/mol. The van der Waals surface area contributed by atoms with Gasteiger partial charge < -0.3 is 10.6 Å². The van der Waals surface area contributed by atoms with Crippen molar-refractivity contribution in [2.24, 2.45) is 5.41 Å². The van der Waals surface area contributed by atoms with Crippen LogP contribution in [0.25, 0.3) is 0 Å². The molecule has 15 heavy (non-hydrogen) atoms. The van der Waals surface area contributed by atoms with E-state index in [-0.39, 0.29) is 11.3 Å². The number of nitrogens with one attached hydrogen (secondary N) is 2. The summed E-state index contributed by atoms with van der Waals surface area (Å²) in [4.78, 5) is 12.8. The Hall–Kier alpha value is -0.870. The van der Waals surface area contributed by atoms with Gasteiger partial charge in [-0.1, -0.05) is 6.07 Å². The van der Waals surface area contributed by atoms with Gasteiger partial charge in [0.1, 0.15) is 0 Å². The van der Waals surface area contributed by atoms with E-state index < -0.39 is 0 Å². The van der Waals surface area contributed by atoms with E-state index in [2.05, 4.69) is 22.1 Å². The molecule has 0 aliphatic rings. The molecule has 1 amide bonds. The maximum absolute atomic E-state index is 11.5. The van der Waals surface area contributed by atoms with Crippen LogP contribution in [0, 0.1) is 5.41 Å². The van der Waals surface area contributed by atoms with Crippen LogP contribution in [0.5, 0.6) is 0 Å². The molecule has 1 aromatic heterocycles. The topological polar surface area (TPSA) is 41.1 Å². The average Bonchev–Trinajstić information content (AvgIpc) is 2.69. The van der Waals surface area contributed by atoms with Crippen LogP contribution in [0.3, 0.4) is 0 Å². The zero-order chi connectivity index (χ0) is 11.3. The van der Waals surface area contributed by atoms with Crippen LogP contribution in [0.15, 0.2) is 17.5 Å². The van der Waals surface area contributed by atoms with Crippen LogP contribution in [-0.4, -0.2) is 19.5 Å². The summed E-state index contributed by atoms with van der Waals surface area (Å²) in [6.07, 6.45) is 0. The number of hydrogen-bond acceptors (Lipinski definition) is 3. The maximum Gasteiger partial charge on any atom is 0.226 e. The van der Waals surface area contributed by atoms with E-state index in [1.54, 1.807) is 18.4 Å². The van der Waals surface area contributed by atoms with Crippen molar-refractivity contribution in [1.82, 2.24) is 10.6 Å². The van der Waals surface area contributed by atoms with Crippen LogP contribution in [0.1, 0.15) is 18.7 Å². The Morgan fingerprint density at radius 2 is 2.27 bits per heavy atom. The van der Waals surface area contributed by atoms with E-state index in [9.17, 15) is 4.79 Å². The molecule has 0 aliphatic heterocycles. The van der Waals surface area contributed by atoms with Gasteiger partial charge in [0.05, 0.1) is 5.41 Å². The Bertz CT molecular complexity index is 306. The molecule has 0 bridgehead atoms. The molecule has 0 saturated carbocycles. The number of thiophene rings is 1. The SMILES string of the molecule is CNC(=O)C(C)(C)CNCc1cccs1. The monoisotopic (exact) mass is 226 g/mol. The third kappa shape index (κ3) is 3.64.